The Morgan fingerprint density at radius 1 is 0.727 bits per heavy atom. The van der Waals surface area contributed by atoms with Crippen LogP contribution in [-0.4, -0.2) is 25.7 Å². The molecule has 0 N–H and O–H groups in total. The molecule has 1 heterocycles. The Balaban J connectivity index is 1.68. The Morgan fingerprint density at radius 3 is 1.86 bits per heavy atom. The molecule has 0 radical (unpaired) electrons. The SMILES string of the molecule is CC(c1nc2ccccc2c(=O)n1-c1ccc(C(F)(F)F)cc1)=[N+](Cc1ccccc1)C(=O)Cc1ccc(C(F)(F)F)cc1. The highest BCUT2D eigenvalue weighted by Crippen LogP contribution is 2.30. The summed E-state index contributed by atoms with van der Waals surface area (Å²) in [6, 6.07) is 23.6. The number of aromatic nitrogens is 2. The van der Waals surface area contributed by atoms with Gasteiger partial charge in [-0.15, -0.1) is 0 Å². The van der Waals surface area contributed by atoms with Crippen LogP contribution in [0.3, 0.4) is 0 Å². The molecule has 224 valence electrons. The molecule has 0 aliphatic heterocycles. The number of rotatable bonds is 6. The lowest BCUT2D eigenvalue weighted by molar-refractivity contribution is -0.464. The Labute approximate surface area is 247 Å². The third-order valence-electron chi connectivity index (χ3n) is 7.08. The Kier molecular flexibility index (Phi) is 8.23. The lowest BCUT2D eigenvalue weighted by Crippen LogP contribution is -2.33. The first-order valence-corrected chi connectivity index (χ1v) is 13.4. The zero-order valence-electron chi connectivity index (χ0n) is 23.2. The minimum atomic E-state index is -4.59. The molecule has 1 amide bonds. The normalized spacial score (nSPS) is 12.7. The van der Waals surface area contributed by atoms with Crippen LogP contribution in [0.5, 0.6) is 0 Å². The van der Waals surface area contributed by atoms with Crippen LogP contribution in [0.15, 0.2) is 108 Å². The van der Waals surface area contributed by atoms with E-state index in [1.807, 2.05) is 0 Å². The van der Waals surface area contributed by atoms with E-state index in [0.29, 0.717) is 11.1 Å². The van der Waals surface area contributed by atoms with E-state index in [1.165, 1.54) is 16.7 Å². The molecule has 44 heavy (non-hydrogen) atoms. The number of carbonyl (C=O) groups is 1. The number of hydrogen-bond donors (Lipinski definition) is 0. The maximum Gasteiger partial charge on any atom is 0.416 e. The summed E-state index contributed by atoms with van der Waals surface area (Å²) in [6.45, 7) is 1.59. The number of hydrogen-bond acceptors (Lipinski definition) is 3. The van der Waals surface area contributed by atoms with Gasteiger partial charge in [0, 0.05) is 12.5 Å². The fraction of sp³-hybridized carbons (Fsp3) is 0.152. The summed E-state index contributed by atoms with van der Waals surface area (Å²) in [5.74, 6) is -0.474. The first-order chi connectivity index (χ1) is 20.8. The molecule has 0 unspecified atom stereocenters. The second kappa shape index (κ2) is 11.9. The minimum absolute atomic E-state index is 0.0187. The maximum absolute atomic E-state index is 13.8. The number of halogens is 6. The zero-order valence-corrected chi connectivity index (χ0v) is 23.2. The molecule has 0 aliphatic rings. The van der Waals surface area contributed by atoms with Crippen LogP contribution in [0.1, 0.15) is 35.0 Å². The standard InChI is InChI=1S/C33H24F6N3O2/c1-21(41(20-23-7-3-2-4-8-23)29(43)19-22-11-13-24(14-12-22)32(34,35)36)30-40-28-10-6-5-9-27(28)31(44)42(30)26-17-15-25(16-18-26)33(37,38)39/h2-18H,19-20H2,1H3/q+1. The van der Waals surface area contributed by atoms with Crippen LogP contribution in [0.25, 0.3) is 16.6 Å². The van der Waals surface area contributed by atoms with E-state index in [0.717, 1.165) is 46.5 Å². The topological polar surface area (TPSA) is 55.0 Å². The highest BCUT2D eigenvalue weighted by Gasteiger charge is 2.32. The molecule has 4 aromatic carbocycles. The summed E-state index contributed by atoms with van der Waals surface area (Å²) >= 11 is 0. The van der Waals surface area contributed by atoms with E-state index >= 15 is 0 Å². The molecule has 5 rings (SSSR count). The zero-order chi connectivity index (χ0) is 31.6. The van der Waals surface area contributed by atoms with Gasteiger partial charge in [-0.1, -0.05) is 54.6 Å². The van der Waals surface area contributed by atoms with E-state index in [2.05, 4.69) is 4.98 Å². The van der Waals surface area contributed by atoms with Crippen molar-refractivity contribution in [3.8, 4) is 5.69 Å². The molecular formula is C33H24F6N3O2+. The highest BCUT2D eigenvalue weighted by molar-refractivity contribution is 5.97. The third-order valence-corrected chi connectivity index (χ3v) is 7.08. The van der Waals surface area contributed by atoms with Crippen LogP contribution in [0.4, 0.5) is 26.3 Å². The monoisotopic (exact) mass is 608 g/mol. The molecule has 5 aromatic rings. The van der Waals surface area contributed by atoms with Gasteiger partial charge in [-0.3, -0.25) is 9.36 Å². The number of nitrogens with zero attached hydrogens (tertiary/aromatic N) is 3. The third kappa shape index (κ3) is 6.46. The number of para-hydroxylation sites is 1. The van der Waals surface area contributed by atoms with Gasteiger partial charge in [0.1, 0.15) is 0 Å². The van der Waals surface area contributed by atoms with Crippen LogP contribution in [0.2, 0.25) is 0 Å². The van der Waals surface area contributed by atoms with Gasteiger partial charge < -0.3 is 0 Å². The predicted molar refractivity (Wildman–Crippen MR) is 153 cm³/mol. The Hall–Kier alpha value is -5.06. The van der Waals surface area contributed by atoms with Crippen molar-refractivity contribution in [1.29, 1.82) is 0 Å². The summed E-state index contributed by atoms with van der Waals surface area (Å²) in [5.41, 5.74) is -0.623. The molecule has 1 aromatic heterocycles. The smallest absolute Gasteiger partial charge is 0.268 e. The van der Waals surface area contributed by atoms with Crippen molar-refractivity contribution >= 4 is 22.5 Å². The van der Waals surface area contributed by atoms with E-state index in [9.17, 15) is 35.9 Å². The molecular weight excluding hydrogens is 584 g/mol. The number of amides is 1. The average Bonchev–Trinajstić information content (AvgIpc) is 2.99. The molecule has 0 bridgehead atoms. The summed E-state index contributed by atoms with van der Waals surface area (Å²) < 4.78 is 81.6. The minimum Gasteiger partial charge on any atom is -0.268 e. The van der Waals surface area contributed by atoms with Gasteiger partial charge in [-0.05, 0) is 54.1 Å². The summed E-state index contributed by atoms with van der Waals surface area (Å²) in [7, 11) is 0. The van der Waals surface area contributed by atoms with Crippen LogP contribution >= 0.6 is 0 Å². The molecule has 5 nitrogen and oxygen atoms in total. The van der Waals surface area contributed by atoms with Crippen LogP contribution in [0, 0.1) is 0 Å². The second-order valence-corrected chi connectivity index (χ2v) is 10.1. The molecule has 0 saturated heterocycles. The van der Waals surface area contributed by atoms with E-state index in [1.54, 1.807) is 61.5 Å². The first-order valence-electron chi connectivity index (χ1n) is 13.4. The molecule has 0 saturated carbocycles. The van der Waals surface area contributed by atoms with Gasteiger partial charge >= 0.3 is 18.3 Å². The second-order valence-electron chi connectivity index (χ2n) is 10.1. The van der Waals surface area contributed by atoms with Gasteiger partial charge in [-0.25, -0.2) is 9.78 Å². The van der Waals surface area contributed by atoms with Gasteiger partial charge in [0.05, 0.1) is 34.1 Å². The van der Waals surface area contributed by atoms with Gasteiger partial charge in [0.2, 0.25) is 11.5 Å². The van der Waals surface area contributed by atoms with Crippen LogP contribution < -0.4 is 5.56 Å². The van der Waals surface area contributed by atoms with Gasteiger partial charge in [-0.2, -0.15) is 30.9 Å². The summed E-state index contributed by atoms with van der Waals surface area (Å²) in [6.07, 6.45) is -9.39. The lowest BCUT2D eigenvalue weighted by atomic mass is 10.1. The fourth-order valence-electron chi connectivity index (χ4n) is 4.78. The van der Waals surface area contributed by atoms with E-state index in [-0.39, 0.29) is 35.6 Å². The largest absolute Gasteiger partial charge is 0.416 e. The Morgan fingerprint density at radius 2 is 1.27 bits per heavy atom. The molecule has 0 atom stereocenters. The summed E-state index contributed by atoms with van der Waals surface area (Å²) in [5, 5.41) is 0.217. The van der Waals surface area contributed by atoms with Crippen molar-refractivity contribution in [1.82, 2.24) is 9.55 Å². The molecule has 11 heteroatoms. The Bertz CT molecular complexity index is 1910. The molecule has 0 aliphatic carbocycles. The number of fused-ring (bicyclic) bond motifs is 1. The fourth-order valence-corrected chi connectivity index (χ4v) is 4.78. The maximum atomic E-state index is 13.8. The predicted octanol–water partition coefficient (Wildman–Crippen LogP) is 7.21. The van der Waals surface area contributed by atoms with E-state index < -0.39 is 34.9 Å². The van der Waals surface area contributed by atoms with E-state index in [4.69, 9.17) is 0 Å². The number of carbonyl (C=O) groups excluding carboxylic acids is 1. The number of alkyl halides is 6. The van der Waals surface area contributed by atoms with Crippen molar-refractivity contribution in [2.24, 2.45) is 0 Å². The van der Waals surface area contributed by atoms with Crippen molar-refractivity contribution in [3.63, 3.8) is 0 Å². The van der Waals surface area contributed by atoms with Crippen molar-refractivity contribution in [3.05, 3.63) is 142 Å². The first kappa shape index (κ1) is 30.4. The van der Waals surface area contributed by atoms with Gasteiger partial charge in [0.25, 0.3) is 5.56 Å². The number of benzene rings is 4. The molecule has 0 fully saturated rings. The molecule has 0 spiro atoms. The summed E-state index contributed by atoms with van der Waals surface area (Å²) in [4.78, 5) is 32.2. The quantitative estimate of drug-likeness (QED) is 0.116. The average molecular weight is 609 g/mol. The van der Waals surface area contributed by atoms with Crippen molar-refractivity contribution in [2.45, 2.75) is 32.2 Å². The van der Waals surface area contributed by atoms with Gasteiger partial charge in [0.15, 0.2) is 6.54 Å². The van der Waals surface area contributed by atoms with Crippen LogP contribution in [-0.2, 0) is 30.1 Å². The highest BCUT2D eigenvalue weighted by atomic mass is 19.4. The lowest BCUT2D eigenvalue weighted by Gasteiger charge is -2.15. The van der Waals surface area contributed by atoms with Crippen molar-refractivity contribution in [2.75, 3.05) is 0 Å². The van der Waals surface area contributed by atoms with Crippen molar-refractivity contribution < 1.29 is 35.7 Å².